The minimum absolute atomic E-state index is 0.636. The fraction of sp³-hybridized carbons (Fsp3) is 0.615. The maximum absolute atomic E-state index is 4.16. The van der Waals surface area contributed by atoms with Gasteiger partial charge in [0.1, 0.15) is 0 Å². The summed E-state index contributed by atoms with van der Waals surface area (Å²) < 4.78 is 0. The molecule has 1 aliphatic rings. The van der Waals surface area contributed by atoms with Crippen molar-refractivity contribution in [2.24, 2.45) is 5.92 Å². The molecule has 15 heavy (non-hydrogen) atoms. The molecule has 2 rings (SSSR count). The van der Waals surface area contributed by atoms with E-state index in [1.807, 2.05) is 12.4 Å². The molecule has 1 aliphatic carbocycles. The standard InChI is InChI=1S/C13H20N2/c1-10-5-6-14-8-13(10)9-15-11(2)7-12-3-4-12/h5-6,8,11-12,15H,3-4,7,9H2,1-2H3. The van der Waals surface area contributed by atoms with Gasteiger partial charge in [0.15, 0.2) is 0 Å². The van der Waals surface area contributed by atoms with Gasteiger partial charge in [-0.15, -0.1) is 0 Å². The van der Waals surface area contributed by atoms with E-state index in [4.69, 9.17) is 0 Å². The van der Waals surface area contributed by atoms with E-state index in [0.717, 1.165) is 12.5 Å². The molecule has 0 aliphatic heterocycles. The van der Waals surface area contributed by atoms with Crippen LogP contribution in [0.4, 0.5) is 0 Å². The molecule has 1 heterocycles. The molecule has 0 radical (unpaired) electrons. The van der Waals surface area contributed by atoms with Crippen LogP contribution in [0.2, 0.25) is 0 Å². The maximum Gasteiger partial charge on any atom is 0.0315 e. The van der Waals surface area contributed by atoms with E-state index in [1.165, 1.54) is 30.4 Å². The largest absolute Gasteiger partial charge is 0.310 e. The molecule has 0 amide bonds. The number of aryl methyl sites for hydroxylation is 1. The molecule has 1 saturated carbocycles. The summed E-state index contributed by atoms with van der Waals surface area (Å²) in [5.41, 5.74) is 2.65. The second-order valence-electron chi connectivity index (χ2n) is 4.76. The van der Waals surface area contributed by atoms with E-state index in [1.54, 1.807) is 0 Å². The summed E-state index contributed by atoms with van der Waals surface area (Å²) in [6.45, 7) is 5.38. The Morgan fingerprint density at radius 3 is 3.00 bits per heavy atom. The summed E-state index contributed by atoms with van der Waals surface area (Å²) >= 11 is 0. The first-order chi connectivity index (χ1) is 7.25. The van der Waals surface area contributed by atoms with Gasteiger partial charge >= 0.3 is 0 Å². The lowest BCUT2D eigenvalue weighted by molar-refractivity contribution is 0.486. The Kier molecular flexibility index (Phi) is 3.37. The maximum atomic E-state index is 4.16. The Morgan fingerprint density at radius 2 is 2.33 bits per heavy atom. The molecule has 0 bridgehead atoms. The molecule has 2 heteroatoms. The quantitative estimate of drug-likeness (QED) is 0.797. The highest BCUT2D eigenvalue weighted by Gasteiger charge is 2.23. The molecule has 1 unspecified atom stereocenters. The Labute approximate surface area is 92.1 Å². The van der Waals surface area contributed by atoms with Gasteiger partial charge in [-0.05, 0) is 43.4 Å². The summed E-state index contributed by atoms with van der Waals surface area (Å²) in [7, 11) is 0. The van der Waals surface area contributed by atoms with Crippen molar-refractivity contribution in [3.8, 4) is 0 Å². The van der Waals surface area contributed by atoms with E-state index in [-0.39, 0.29) is 0 Å². The number of hydrogen-bond acceptors (Lipinski definition) is 2. The number of nitrogens with zero attached hydrogens (tertiary/aromatic N) is 1. The third-order valence-corrected chi connectivity index (χ3v) is 3.17. The monoisotopic (exact) mass is 204 g/mol. The highest BCUT2D eigenvalue weighted by Crippen LogP contribution is 2.33. The molecule has 0 spiro atoms. The van der Waals surface area contributed by atoms with Crippen molar-refractivity contribution < 1.29 is 0 Å². The van der Waals surface area contributed by atoms with Crippen LogP contribution in [0.1, 0.15) is 37.3 Å². The highest BCUT2D eigenvalue weighted by molar-refractivity contribution is 5.21. The number of hydrogen-bond donors (Lipinski definition) is 1. The Balaban J connectivity index is 1.78. The number of rotatable bonds is 5. The van der Waals surface area contributed by atoms with Gasteiger partial charge in [-0.1, -0.05) is 12.8 Å². The van der Waals surface area contributed by atoms with Crippen LogP contribution in [0.25, 0.3) is 0 Å². The van der Waals surface area contributed by atoms with Crippen LogP contribution in [-0.4, -0.2) is 11.0 Å². The van der Waals surface area contributed by atoms with Crippen LogP contribution in [0.15, 0.2) is 18.5 Å². The topological polar surface area (TPSA) is 24.9 Å². The van der Waals surface area contributed by atoms with Crippen LogP contribution >= 0.6 is 0 Å². The van der Waals surface area contributed by atoms with Gasteiger partial charge in [0.2, 0.25) is 0 Å². The number of aromatic nitrogens is 1. The van der Waals surface area contributed by atoms with Gasteiger partial charge in [-0.3, -0.25) is 4.98 Å². The van der Waals surface area contributed by atoms with Crippen LogP contribution in [0.5, 0.6) is 0 Å². The van der Waals surface area contributed by atoms with Crippen molar-refractivity contribution in [2.75, 3.05) is 0 Å². The van der Waals surface area contributed by atoms with Crippen molar-refractivity contribution in [2.45, 2.75) is 45.7 Å². The van der Waals surface area contributed by atoms with Gasteiger partial charge < -0.3 is 5.32 Å². The first-order valence-corrected chi connectivity index (χ1v) is 5.88. The molecule has 2 nitrogen and oxygen atoms in total. The molecule has 1 atom stereocenters. The van der Waals surface area contributed by atoms with Crippen molar-refractivity contribution in [1.29, 1.82) is 0 Å². The summed E-state index contributed by atoms with van der Waals surface area (Å²) in [4.78, 5) is 4.16. The molecule has 1 fully saturated rings. The minimum Gasteiger partial charge on any atom is -0.310 e. The van der Waals surface area contributed by atoms with E-state index in [9.17, 15) is 0 Å². The average Bonchev–Trinajstić information content (AvgIpc) is 3.00. The normalized spacial score (nSPS) is 17.7. The third-order valence-electron chi connectivity index (χ3n) is 3.17. The Hall–Kier alpha value is -0.890. The van der Waals surface area contributed by atoms with Gasteiger partial charge in [0.05, 0.1) is 0 Å². The Morgan fingerprint density at radius 1 is 1.53 bits per heavy atom. The van der Waals surface area contributed by atoms with Crippen LogP contribution < -0.4 is 5.32 Å². The lowest BCUT2D eigenvalue weighted by Gasteiger charge is -2.14. The molecule has 82 valence electrons. The predicted octanol–water partition coefficient (Wildman–Crippen LogP) is 2.67. The molecular formula is C13H20N2. The second kappa shape index (κ2) is 4.75. The fourth-order valence-electron chi connectivity index (χ4n) is 1.90. The summed E-state index contributed by atoms with van der Waals surface area (Å²) in [5.74, 6) is 1.00. The van der Waals surface area contributed by atoms with Gasteiger partial charge in [0.25, 0.3) is 0 Å². The molecular weight excluding hydrogens is 184 g/mol. The molecule has 0 saturated heterocycles. The lowest BCUT2D eigenvalue weighted by atomic mass is 10.1. The number of pyridine rings is 1. The molecule has 1 aromatic heterocycles. The summed E-state index contributed by atoms with van der Waals surface area (Å²) in [6.07, 6.45) is 8.04. The van der Waals surface area contributed by atoms with Crippen LogP contribution in [0, 0.1) is 12.8 Å². The average molecular weight is 204 g/mol. The zero-order valence-electron chi connectivity index (χ0n) is 9.66. The summed E-state index contributed by atoms with van der Waals surface area (Å²) in [6, 6.07) is 2.71. The van der Waals surface area contributed by atoms with E-state index in [2.05, 4.69) is 30.2 Å². The first kappa shape index (κ1) is 10.6. The lowest BCUT2D eigenvalue weighted by Crippen LogP contribution is -2.26. The number of nitrogens with one attached hydrogen (secondary N) is 1. The molecule has 1 aromatic rings. The van der Waals surface area contributed by atoms with Crippen molar-refractivity contribution in [1.82, 2.24) is 10.3 Å². The van der Waals surface area contributed by atoms with Gasteiger partial charge in [-0.25, -0.2) is 0 Å². The van der Waals surface area contributed by atoms with Gasteiger partial charge in [-0.2, -0.15) is 0 Å². The zero-order chi connectivity index (χ0) is 10.7. The fourth-order valence-corrected chi connectivity index (χ4v) is 1.90. The van der Waals surface area contributed by atoms with E-state index < -0.39 is 0 Å². The molecule has 1 N–H and O–H groups in total. The van der Waals surface area contributed by atoms with Crippen molar-refractivity contribution in [3.05, 3.63) is 29.6 Å². The Bertz CT molecular complexity index is 318. The highest BCUT2D eigenvalue weighted by atomic mass is 14.9. The second-order valence-corrected chi connectivity index (χ2v) is 4.76. The van der Waals surface area contributed by atoms with E-state index >= 15 is 0 Å². The molecule has 0 aromatic carbocycles. The summed E-state index contributed by atoms with van der Waals surface area (Å²) in [5, 5.41) is 3.57. The SMILES string of the molecule is Cc1ccncc1CNC(C)CC1CC1. The van der Waals surface area contributed by atoms with E-state index in [0.29, 0.717) is 6.04 Å². The van der Waals surface area contributed by atoms with Crippen LogP contribution in [-0.2, 0) is 6.54 Å². The minimum atomic E-state index is 0.636. The van der Waals surface area contributed by atoms with Gasteiger partial charge in [0, 0.05) is 25.0 Å². The van der Waals surface area contributed by atoms with Crippen molar-refractivity contribution >= 4 is 0 Å². The smallest absolute Gasteiger partial charge is 0.0315 e. The van der Waals surface area contributed by atoms with Crippen molar-refractivity contribution in [3.63, 3.8) is 0 Å². The zero-order valence-corrected chi connectivity index (χ0v) is 9.66. The van der Waals surface area contributed by atoms with Crippen LogP contribution in [0.3, 0.4) is 0 Å². The third kappa shape index (κ3) is 3.31. The predicted molar refractivity (Wildman–Crippen MR) is 62.6 cm³/mol. The first-order valence-electron chi connectivity index (χ1n) is 5.88.